The number of carbonyl (C=O) groups excluding carboxylic acids is 1. The zero-order valence-electron chi connectivity index (χ0n) is 15.1. The van der Waals surface area contributed by atoms with Crippen molar-refractivity contribution in [3.63, 3.8) is 0 Å². The average Bonchev–Trinajstić information content (AvgIpc) is 3.17. The number of aromatic nitrogens is 3. The molecule has 0 spiro atoms. The summed E-state index contributed by atoms with van der Waals surface area (Å²) in [6.07, 6.45) is 8.74. The number of aliphatic hydroxyl groups is 1. The molecule has 3 N–H and O–H groups in total. The minimum atomic E-state index is -0.260. The first kappa shape index (κ1) is 17.7. The molecule has 1 unspecified atom stereocenters. The number of aryl methyl sites for hydroxylation is 1. The number of para-hydroxylation sites is 1. The zero-order chi connectivity index (χ0) is 18.6. The van der Waals surface area contributed by atoms with Crippen LogP contribution in [0.2, 0.25) is 0 Å². The lowest BCUT2D eigenvalue weighted by Gasteiger charge is -2.38. The monoisotopic (exact) mass is 364 g/mol. The number of benzene rings is 1. The highest BCUT2D eigenvalue weighted by molar-refractivity contribution is 5.80. The molecule has 2 heterocycles. The van der Waals surface area contributed by atoms with Crippen LogP contribution < -0.4 is 5.32 Å². The SMILES string of the molecule is O=C(CCCc1cn[nH]c1)NC(c1cnc2ccccc2c1)C1CC(O)C1. The summed E-state index contributed by atoms with van der Waals surface area (Å²) in [5.74, 6) is 0.291. The van der Waals surface area contributed by atoms with Gasteiger partial charge < -0.3 is 10.4 Å². The number of hydrogen-bond donors (Lipinski definition) is 3. The Balaban J connectivity index is 1.44. The average molecular weight is 364 g/mol. The molecule has 27 heavy (non-hydrogen) atoms. The molecule has 1 amide bonds. The standard InChI is InChI=1S/C21H24N4O2/c26-18-9-16(10-18)21(17-8-15-5-1-2-6-19(15)22-13-17)25-20(27)7-3-4-14-11-23-24-12-14/h1-2,5-6,8,11-13,16,18,21,26H,3-4,7,9-10H2,(H,23,24)(H,25,27). The van der Waals surface area contributed by atoms with Gasteiger partial charge in [0.25, 0.3) is 0 Å². The maximum atomic E-state index is 12.5. The molecule has 1 fully saturated rings. The lowest BCUT2D eigenvalue weighted by molar-refractivity contribution is -0.123. The highest BCUT2D eigenvalue weighted by Gasteiger charge is 2.35. The summed E-state index contributed by atoms with van der Waals surface area (Å²) in [6, 6.07) is 9.97. The summed E-state index contributed by atoms with van der Waals surface area (Å²) in [5.41, 5.74) is 3.06. The van der Waals surface area contributed by atoms with E-state index >= 15 is 0 Å². The largest absolute Gasteiger partial charge is 0.393 e. The third-order valence-electron chi connectivity index (χ3n) is 5.33. The molecule has 1 saturated carbocycles. The number of H-pyrrole nitrogens is 1. The van der Waals surface area contributed by atoms with Crippen molar-refractivity contribution < 1.29 is 9.90 Å². The smallest absolute Gasteiger partial charge is 0.220 e. The van der Waals surface area contributed by atoms with Crippen LogP contribution in [-0.2, 0) is 11.2 Å². The maximum Gasteiger partial charge on any atom is 0.220 e. The fourth-order valence-corrected chi connectivity index (χ4v) is 3.75. The molecule has 0 bridgehead atoms. The summed E-state index contributed by atoms with van der Waals surface area (Å²) in [7, 11) is 0. The molecule has 4 rings (SSSR count). The number of aromatic amines is 1. The van der Waals surface area contributed by atoms with E-state index in [1.165, 1.54) is 0 Å². The third kappa shape index (κ3) is 4.17. The van der Waals surface area contributed by atoms with E-state index < -0.39 is 0 Å². The van der Waals surface area contributed by atoms with E-state index in [1.807, 2.05) is 36.7 Å². The van der Waals surface area contributed by atoms with Crippen molar-refractivity contribution in [3.8, 4) is 0 Å². The lowest BCUT2D eigenvalue weighted by Crippen LogP contribution is -2.41. The van der Waals surface area contributed by atoms with Gasteiger partial charge in [0, 0.05) is 24.2 Å². The van der Waals surface area contributed by atoms with E-state index in [-0.39, 0.29) is 24.0 Å². The van der Waals surface area contributed by atoms with Gasteiger partial charge in [-0.3, -0.25) is 14.9 Å². The normalized spacial score (nSPS) is 20.2. The van der Waals surface area contributed by atoms with Gasteiger partial charge in [-0.2, -0.15) is 5.10 Å². The molecule has 6 heteroatoms. The molecular formula is C21H24N4O2. The van der Waals surface area contributed by atoms with E-state index in [0.29, 0.717) is 19.3 Å². The topological polar surface area (TPSA) is 90.9 Å². The van der Waals surface area contributed by atoms with E-state index in [1.54, 1.807) is 6.20 Å². The Kier molecular flexibility index (Phi) is 5.16. The number of carbonyl (C=O) groups is 1. The van der Waals surface area contributed by atoms with Gasteiger partial charge in [0.2, 0.25) is 5.91 Å². The highest BCUT2D eigenvalue weighted by atomic mass is 16.3. The van der Waals surface area contributed by atoms with E-state index in [4.69, 9.17) is 0 Å². The summed E-state index contributed by atoms with van der Waals surface area (Å²) in [4.78, 5) is 17.1. The van der Waals surface area contributed by atoms with Crippen molar-refractivity contribution in [1.29, 1.82) is 0 Å². The van der Waals surface area contributed by atoms with Crippen LogP contribution in [0.25, 0.3) is 10.9 Å². The van der Waals surface area contributed by atoms with Gasteiger partial charge in [-0.25, -0.2) is 0 Å². The molecule has 1 aliphatic carbocycles. The number of aliphatic hydroxyl groups excluding tert-OH is 1. The van der Waals surface area contributed by atoms with Crippen molar-refractivity contribution >= 4 is 16.8 Å². The number of nitrogens with one attached hydrogen (secondary N) is 2. The quantitative estimate of drug-likeness (QED) is 0.601. The Bertz CT molecular complexity index is 903. The Morgan fingerprint density at radius 2 is 2.15 bits per heavy atom. The minimum absolute atomic E-state index is 0.0399. The number of hydrogen-bond acceptors (Lipinski definition) is 4. The Hall–Kier alpha value is -2.73. The molecule has 1 aliphatic rings. The molecule has 1 atom stereocenters. The fourth-order valence-electron chi connectivity index (χ4n) is 3.75. The van der Waals surface area contributed by atoms with Crippen LogP contribution in [0.5, 0.6) is 0 Å². The van der Waals surface area contributed by atoms with Gasteiger partial charge in [-0.15, -0.1) is 0 Å². The van der Waals surface area contributed by atoms with Gasteiger partial charge in [0.1, 0.15) is 0 Å². The molecule has 2 aromatic heterocycles. The second-order valence-electron chi connectivity index (χ2n) is 7.35. The molecule has 0 aliphatic heterocycles. The molecular weight excluding hydrogens is 340 g/mol. The first-order chi connectivity index (χ1) is 13.2. The molecule has 1 aromatic carbocycles. The summed E-state index contributed by atoms with van der Waals surface area (Å²) in [5, 5.41) is 20.7. The van der Waals surface area contributed by atoms with Crippen molar-refractivity contribution in [3.05, 3.63) is 60.0 Å². The maximum absolute atomic E-state index is 12.5. The van der Waals surface area contributed by atoms with Crippen molar-refractivity contribution in [2.24, 2.45) is 5.92 Å². The van der Waals surface area contributed by atoms with Crippen LogP contribution in [0.4, 0.5) is 0 Å². The number of rotatable bonds is 7. The van der Waals surface area contributed by atoms with Crippen molar-refractivity contribution in [2.75, 3.05) is 0 Å². The van der Waals surface area contributed by atoms with E-state index in [2.05, 4.69) is 26.6 Å². The highest BCUT2D eigenvalue weighted by Crippen LogP contribution is 2.38. The fraction of sp³-hybridized carbons (Fsp3) is 0.381. The summed E-state index contributed by atoms with van der Waals surface area (Å²) in [6.45, 7) is 0. The van der Waals surface area contributed by atoms with Crippen LogP contribution in [-0.4, -0.2) is 32.3 Å². The number of pyridine rings is 1. The predicted molar refractivity (Wildman–Crippen MR) is 103 cm³/mol. The lowest BCUT2D eigenvalue weighted by atomic mass is 9.75. The van der Waals surface area contributed by atoms with E-state index in [9.17, 15) is 9.90 Å². The van der Waals surface area contributed by atoms with E-state index in [0.717, 1.165) is 34.9 Å². The third-order valence-corrected chi connectivity index (χ3v) is 5.33. The molecule has 0 saturated heterocycles. The molecule has 6 nitrogen and oxygen atoms in total. The van der Waals surface area contributed by atoms with Crippen molar-refractivity contribution in [2.45, 2.75) is 44.2 Å². The summed E-state index contributed by atoms with van der Waals surface area (Å²) >= 11 is 0. The van der Waals surface area contributed by atoms with Gasteiger partial charge >= 0.3 is 0 Å². The first-order valence-corrected chi connectivity index (χ1v) is 9.49. The van der Waals surface area contributed by atoms with Crippen LogP contribution in [0.1, 0.15) is 42.9 Å². The predicted octanol–water partition coefficient (Wildman–Crippen LogP) is 2.91. The summed E-state index contributed by atoms with van der Waals surface area (Å²) < 4.78 is 0. The first-order valence-electron chi connectivity index (χ1n) is 9.49. The second-order valence-corrected chi connectivity index (χ2v) is 7.35. The minimum Gasteiger partial charge on any atom is -0.393 e. The van der Waals surface area contributed by atoms with Crippen LogP contribution >= 0.6 is 0 Å². The molecule has 3 aromatic rings. The van der Waals surface area contributed by atoms with Crippen LogP contribution in [0.3, 0.4) is 0 Å². The molecule has 140 valence electrons. The van der Waals surface area contributed by atoms with Gasteiger partial charge in [0.15, 0.2) is 0 Å². The Morgan fingerprint density at radius 3 is 2.93 bits per heavy atom. The van der Waals surface area contributed by atoms with Gasteiger partial charge in [0.05, 0.1) is 23.9 Å². The van der Waals surface area contributed by atoms with Gasteiger partial charge in [-0.1, -0.05) is 18.2 Å². The second kappa shape index (κ2) is 7.88. The van der Waals surface area contributed by atoms with Crippen LogP contribution in [0, 0.1) is 5.92 Å². The van der Waals surface area contributed by atoms with Crippen LogP contribution in [0.15, 0.2) is 48.9 Å². The zero-order valence-corrected chi connectivity index (χ0v) is 15.1. The Morgan fingerprint density at radius 1 is 1.30 bits per heavy atom. The van der Waals surface area contributed by atoms with Crippen molar-refractivity contribution in [1.82, 2.24) is 20.5 Å². The number of fused-ring (bicyclic) bond motifs is 1. The number of amides is 1. The molecule has 0 radical (unpaired) electrons. The Labute approximate surface area is 158 Å². The van der Waals surface area contributed by atoms with Gasteiger partial charge in [-0.05, 0) is 54.9 Å². The number of nitrogens with zero attached hydrogens (tertiary/aromatic N) is 2.